The van der Waals surface area contributed by atoms with Crippen LogP contribution in [0.15, 0.2) is 30.3 Å². The number of likely N-dealkylation sites (tertiary alicyclic amines) is 2. The van der Waals surface area contributed by atoms with Crippen LogP contribution in [0.2, 0.25) is 0 Å². The highest BCUT2D eigenvalue weighted by molar-refractivity contribution is 5.89. The van der Waals surface area contributed by atoms with Crippen LogP contribution < -0.4 is 5.32 Å². The number of rotatable bonds is 4. The Kier molecular flexibility index (Phi) is 4.43. The number of nitrogens with one attached hydrogen (secondary N) is 1. The maximum Gasteiger partial charge on any atom is 0.225 e. The maximum absolute atomic E-state index is 12.2. The Morgan fingerprint density at radius 1 is 1.27 bits per heavy atom. The van der Waals surface area contributed by atoms with Crippen molar-refractivity contribution in [3.05, 3.63) is 35.9 Å². The molecule has 0 spiro atoms. The van der Waals surface area contributed by atoms with E-state index in [1.807, 2.05) is 6.07 Å². The van der Waals surface area contributed by atoms with Gasteiger partial charge in [-0.05, 0) is 12.0 Å². The zero-order valence-electron chi connectivity index (χ0n) is 13.0. The van der Waals surface area contributed by atoms with Crippen LogP contribution in [0.25, 0.3) is 0 Å². The van der Waals surface area contributed by atoms with Crippen molar-refractivity contribution in [2.45, 2.75) is 25.4 Å². The first-order valence-corrected chi connectivity index (χ1v) is 7.92. The van der Waals surface area contributed by atoms with E-state index in [0.29, 0.717) is 13.0 Å². The Morgan fingerprint density at radius 2 is 2.05 bits per heavy atom. The molecular formula is C17H23N3O2. The topological polar surface area (TPSA) is 52.7 Å². The molecule has 3 rings (SSSR count). The van der Waals surface area contributed by atoms with Gasteiger partial charge in [0.15, 0.2) is 0 Å². The lowest BCUT2D eigenvalue weighted by atomic mass is 10.1. The third-order valence-electron chi connectivity index (χ3n) is 4.58. The molecule has 0 radical (unpaired) electrons. The van der Waals surface area contributed by atoms with Crippen molar-refractivity contribution < 1.29 is 9.59 Å². The van der Waals surface area contributed by atoms with Crippen molar-refractivity contribution in [1.29, 1.82) is 0 Å². The lowest BCUT2D eigenvalue weighted by Crippen LogP contribution is -2.41. The highest BCUT2D eigenvalue weighted by Gasteiger charge is 2.34. The Bertz CT molecular complexity index is 546. The van der Waals surface area contributed by atoms with Gasteiger partial charge < -0.3 is 10.2 Å². The molecule has 2 aliphatic heterocycles. The van der Waals surface area contributed by atoms with E-state index in [2.05, 4.69) is 34.5 Å². The molecule has 22 heavy (non-hydrogen) atoms. The van der Waals surface area contributed by atoms with Crippen LogP contribution in [0.3, 0.4) is 0 Å². The molecule has 0 aromatic heterocycles. The van der Waals surface area contributed by atoms with E-state index in [0.717, 1.165) is 26.1 Å². The molecule has 1 aromatic carbocycles. The molecule has 2 atom stereocenters. The molecule has 1 N–H and O–H groups in total. The average molecular weight is 301 g/mol. The number of hydrogen-bond donors (Lipinski definition) is 1. The zero-order chi connectivity index (χ0) is 15.5. The average Bonchev–Trinajstić information content (AvgIpc) is 3.07. The predicted molar refractivity (Wildman–Crippen MR) is 84.0 cm³/mol. The molecular weight excluding hydrogens is 278 g/mol. The molecule has 0 bridgehead atoms. The van der Waals surface area contributed by atoms with Gasteiger partial charge >= 0.3 is 0 Å². The van der Waals surface area contributed by atoms with E-state index >= 15 is 0 Å². The highest BCUT2D eigenvalue weighted by atomic mass is 16.2. The Morgan fingerprint density at radius 3 is 2.73 bits per heavy atom. The standard InChI is InChI=1S/C17H23N3O2/c1-19-11-14(9-16(19)21)17(22)18-15-7-8-20(12-15)10-13-5-3-2-4-6-13/h2-6,14-15H,7-12H2,1H3,(H,18,22)/t14-,15+/m1/s1. The number of hydrogen-bond acceptors (Lipinski definition) is 3. The van der Waals surface area contributed by atoms with Gasteiger partial charge in [0, 0.05) is 45.7 Å². The fraction of sp³-hybridized carbons (Fsp3) is 0.529. The Labute approximate surface area is 131 Å². The van der Waals surface area contributed by atoms with Crippen LogP contribution in [-0.4, -0.2) is 54.3 Å². The van der Waals surface area contributed by atoms with Gasteiger partial charge in [-0.1, -0.05) is 30.3 Å². The minimum absolute atomic E-state index is 0.0317. The van der Waals surface area contributed by atoms with Gasteiger partial charge in [0.2, 0.25) is 11.8 Å². The van der Waals surface area contributed by atoms with Gasteiger partial charge in [0.05, 0.1) is 5.92 Å². The SMILES string of the molecule is CN1C[C@H](C(=O)N[C@H]2CCN(Cc3ccccc3)C2)CC1=O. The molecule has 2 heterocycles. The van der Waals surface area contributed by atoms with Crippen molar-refractivity contribution >= 4 is 11.8 Å². The minimum Gasteiger partial charge on any atom is -0.352 e. The number of amides is 2. The molecule has 5 nitrogen and oxygen atoms in total. The van der Waals surface area contributed by atoms with Gasteiger partial charge in [0.25, 0.3) is 0 Å². The van der Waals surface area contributed by atoms with Crippen LogP contribution in [0, 0.1) is 5.92 Å². The molecule has 2 saturated heterocycles. The first-order valence-electron chi connectivity index (χ1n) is 7.92. The van der Waals surface area contributed by atoms with Gasteiger partial charge in [-0.15, -0.1) is 0 Å². The highest BCUT2D eigenvalue weighted by Crippen LogP contribution is 2.18. The summed E-state index contributed by atoms with van der Waals surface area (Å²) in [7, 11) is 1.76. The first-order chi connectivity index (χ1) is 10.6. The lowest BCUT2D eigenvalue weighted by Gasteiger charge is -2.18. The van der Waals surface area contributed by atoms with E-state index in [9.17, 15) is 9.59 Å². The molecule has 0 unspecified atom stereocenters. The second-order valence-electron chi connectivity index (χ2n) is 6.39. The van der Waals surface area contributed by atoms with Crippen molar-refractivity contribution in [3.63, 3.8) is 0 Å². The number of benzene rings is 1. The van der Waals surface area contributed by atoms with Gasteiger partial charge in [0.1, 0.15) is 0 Å². The molecule has 2 amide bonds. The third kappa shape index (κ3) is 3.47. The molecule has 0 saturated carbocycles. The Hall–Kier alpha value is -1.88. The summed E-state index contributed by atoms with van der Waals surface area (Å²) in [6, 6.07) is 10.6. The van der Waals surface area contributed by atoms with Crippen molar-refractivity contribution in [3.8, 4) is 0 Å². The van der Waals surface area contributed by atoms with Crippen LogP contribution in [0.4, 0.5) is 0 Å². The third-order valence-corrected chi connectivity index (χ3v) is 4.58. The molecule has 5 heteroatoms. The summed E-state index contributed by atoms with van der Waals surface area (Å²) < 4.78 is 0. The van der Waals surface area contributed by atoms with Gasteiger partial charge in [-0.2, -0.15) is 0 Å². The van der Waals surface area contributed by atoms with Crippen LogP contribution in [0.1, 0.15) is 18.4 Å². The first kappa shape index (κ1) is 15.0. The van der Waals surface area contributed by atoms with E-state index in [1.54, 1.807) is 11.9 Å². The fourth-order valence-corrected chi connectivity index (χ4v) is 3.29. The summed E-state index contributed by atoms with van der Waals surface area (Å²) in [5.74, 6) is -0.0813. The van der Waals surface area contributed by atoms with E-state index in [4.69, 9.17) is 0 Å². The summed E-state index contributed by atoms with van der Waals surface area (Å²) in [4.78, 5) is 27.8. The number of carbonyl (C=O) groups is 2. The molecule has 2 aliphatic rings. The lowest BCUT2D eigenvalue weighted by molar-refractivity contribution is -0.128. The smallest absolute Gasteiger partial charge is 0.225 e. The second kappa shape index (κ2) is 6.48. The van der Waals surface area contributed by atoms with E-state index < -0.39 is 0 Å². The summed E-state index contributed by atoms with van der Waals surface area (Å²) in [6.45, 7) is 3.36. The molecule has 2 fully saturated rings. The number of carbonyl (C=O) groups excluding carboxylic acids is 2. The van der Waals surface area contributed by atoms with Gasteiger partial charge in [-0.25, -0.2) is 0 Å². The summed E-state index contributed by atoms with van der Waals surface area (Å²) in [5, 5.41) is 3.12. The van der Waals surface area contributed by atoms with Crippen molar-refractivity contribution in [2.75, 3.05) is 26.7 Å². The number of nitrogens with zero attached hydrogens (tertiary/aromatic N) is 2. The maximum atomic E-state index is 12.2. The van der Waals surface area contributed by atoms with E-state index in [1.165, 1.54) is 5.56 Å². The molecule has 1 aromatic rings. The van der Waals surface area contributed by atoms with Gasteiger partial charge in [-0.3, -0.25) is 14.5 Å². The Balaban J connectivity index is 1.47. The monoisotopic (exact) mass is 301 g/mol. The summed E-state index contributed by atoms with van der Waals surface area (Å²) in [6.07, 6.45) is 1.33. The second-order valence-corrected chi connectivity index (χ2v) is 6.39. The molecule has 118 valence electrons. The van der Waals surface area contributed by atoms with Crippen LogP contribution in [0.5, 0.6) is 0 Å². The van der Waals surface area contributed by atoms with Crippen LogP contribution in [-0.2, 0) is 16.1 Å². The molecule has 0 aliphatic carbocycles. The zero-order valence-corrected chi connectivity index (χ0v) is 13.0. The summed E-state index contributed by atoms with van der Waals surface area (Å²) in [5.41, 5.74) is 1.30. The van der Waals surface area contributed by atoms with Crippen molar-refractivity contribution in [1.82, 2.24) is 15.1 Å². The van der Waals surface area contributed by atoms with Crippen LogP contribution >= 0.6 is 0 Å². The minimum atomic E-state index is -0.180. The predicted octanol–water partition coefficient (Wildman–Crippen LogP) is 0.855. The quantitative estimate of drug-likeness (QED) is 0.897. The fourth-order valence-electron chi connectivity index (χ4n) is 3.29. The largest absolute Gasteiger partial charge is 0.352 e. The van der Waals surface area contributed by atoms with Crippen molar-refractivity contribution in [2.24, 2.45) is 5.92 Å². The normalized spacial score (nSPS) is 25.7. The van der Waals surface area contributed by atoms with E-state index in [-0.39, 0.29) is 23.8 Å². The summed E-state index contributed by atoms with van der Waals surface area (Å²) >= 11 is 0.